The van der Waals surface area contributed by atoms with Crippen LogP contribution in [0.5, 0.6) is 0 Å². The smallest absolute Gasteiger partial charge is 0.251 e. The maximum absolute atomic E-state index is 12.9. The lowest BCUT2D eigenvalue weighted by molar-refractivity contribution is -0.137. The lowest BCUT2D eigenvalue weighted by atomic mass is 9.87. The van der Waals surface area contributed by atoms with Crippen molar-refractivity contribution in [2.24, 2.45) is 5.92 Å². The van der Waals surface area contributed by atoms with E-state index in [1.54, 1.807) is 6.20 Å². The summed E-state index contributed by atoms with van der Waals surface area (Å²) in [4.78, 5) is 39.0. The van der Waals surface area contributed by atoms with Crippen LogP contribution < -0.4 is 5.56 Å². The Balaban J connectivity index is 1.53. The number of aromatic nitrogens is 3. The van der Waals surface area contributed by atoms with Gasteiger partial charge in [0.25, 0.3) is 5.56 Å². The summed E-state index contributed by atoms with van der Waals surface area (Å²) in [5.74, 6) is 1.22. The van der Waals surface area contributed by atoms with E-state index in [1.165, 1.54) is 12.5 Å². The third-order valence-corrected chi connectivity index (χ3v) is 5.76. The molecule has 2 aliphatic rings. The molecule has 1 saturated heterocycles. The van der Waals surface area contributed by atoms with Crippen molar-refractivity contribution in [3.05, 3.63) is 46.6 Å². The Morgan fingerprint density at radius 2 is 1.93 bits per heavy atom. The lowest BCUT2D eigenvalue weighted by Gasteiger charge is -2.35. The summed E-state index contributed by atoms with van der Waals surface area (Å²) in [5.41, 5.74) is 1.11. The molecule has 6 nitrogen and oxygen atoms in total. The number of pyridine rings is 1. The molecule has 0 spiro atoms. The quantitative estimate of drug-likeness (QED) is 0.905. The van der Waals surface area contributed by atoms with E-state index in [4.69, 9.17) is 0 Å². The minimum Gasteiger partial charge on any atom is -0.342 e. The molecule has 2 fully saturated rings. The normalized spacial score (nSPS) is 21.2. The van der Waals surface area contributed by atoms with Crippen LogP contribution in [-0.2, 0) is 4.79 Å². The van der Waals surface area contributed by atoms with Gasteiger partial charge in [0.2, 0.25) is 5.91 Å². The molecule has 1 aliphatic heterocycles. The number of carbonyl (C=O) groups is 1. The number of hydrogen-bond acceptors (Lipinski definition) is 4. The van der Waals surface area contributed by atoms with Crippen molar-refractivity contribution in [3.8, 4) is 11.4 Å². The third kappa shape index (κ3) is 4.10. The number of hydrogen-bond donors (Lipinski definition) is 1. The Morgan fingerprint density at radius 1 is 1.07 bits per heavy atom. The van der Waals surface area contributed by atoms with Gasteiger partial charge in [-0.25, -0.2) is 4.98 Å². The van der Waals surface area contributed by atoms with Crippen LogP contribution in [0.2, 0.25) is 0 Å². The SMILES string of the molecule is O=C(C1CCCCC1)N1CCC[C@@H](c2nc(-c3ccccn3)cc(=O)[nH]2)C1. The number of carbonyl (C=O) groups excluding carboxylic acids is 1. The van der Waals surface area contributed by atoms with Crippen molar-refractivity contribution in [1.82, 2.24) is 19.9 Å². The first-order valence-corrected chi connectivity index (χ1v) is 10.0. The van der Waals surface area contributed by atoms with Gasteiger partial charge in [0.05, 0.1) is 11.4 Å². The van der Waals surface area contributed by atoms with E-state index in [2.05, 4.69) is 15.0 Å². The van der Waals surface area contributed by atoms with Crippen LogP contribution in [0.3, 0.4) is 0 Å². The average molecular weight is 366 g/mol. The number of nitrogens with one attached hydrogen (secondary N) is 1. The highest BCUT2D eigenvalue weighted by Gasteiger charge is 2.31. The van der Waals surface area contributed by atoms with E-state index < -0.39 is 0 Å². The summed E-state index contributed by atoms with van der Waals surface area (Å²) in [6.07, 6.45) is 9.18. The highest BCUT2D eigenvalue weighted by Crippen LogP contribution is 2.30. The number of amides is 1. The first-order valence-electron chi connectivity index (χ1n) is 10.0. The fourth-order valence-electron chi connectivity index (χ4n) is 4.32. The molecule has 27 heavy (non-hydrogen) atoms. The minimum absolute atomic E-state index is 0.0719. The zero-order valence-corrected chi connectivity index (χ0v) is 15.6. The van der Waals surface area contributed by atoms with Crippen LogP contribution in [0, 0.1) is 5.92 Å². The second-order valence-corrected chi connectivity index (χ2v) is 7.69. The zero-order chi connectivity index (χ0) is 18.6. The number of likely N-dealkylation sites (tertiary alicyclic amines) is 1. The van der Waals surface area contributed by atoms with Gasteiger partial charge in [0.15, 0.2) is 0 Å². The average Bonchev–Trinajstić information content (AvgIpc) is 2.74. The molecule has 2 aromatic rings. The van der Waals surface area contributed by atoms with Gasteiger partial charge in [-0.2, -0.15) is 0 Å². The summed E-state index contributed by atoms with van der Waals surface area (Å²) in [6, 6.07) is 7.06. The molecule has 1 N–H and O–H groups in total. The van der Waals surface area contributed by atoms with Crippen LogP contribution in [0.15, 0.2) is 35.3 Å². The van der Waals surface area contributed by atoms with Gasteiger partial charge >= 0.3 is 0 Å². The van der Waals surface area contributed by atoms with E-state index in [0.717, 1.165) is 45.1 Å². The van der Waals surface area contributed by atoms with Crippen LogP contribution in [0.4, 0.5) is 0 Å². The van der Waals surface area contributed by atoms with Gasteiger partial charge < -0.3 is 9.88 Å². The Bertz CT molecular complexity index is 843. The largest absolute Gasteiger partial charge is 0.342 e. The highest BCUT2D eigenvalue weighted by molar-refractivity contribution is 5.79. The van der Waals surface area contributed by atoms with Crippen LogP contribution in [0.1, 0.15) is 56.7 Å². The molecule has 6 heteroatoms. The van der Waals surface area contributed by atoms with Crippen molar-refractivity contribution in [3.63, 3.8) is 0 Å². The predicted octanol–water partition coefficient (Wildman–Crippen LogP) is 3.12. The lowest BCUT2D eigenvalue weighted by Crippen LogP contribution is -2.43. The van der Waals surface area contributed by atoms with Gasteiger partial charge in [-0.3, -0.25) is 14.6 Å². The van der Waals surface area contributed by atoms with E-state index in [9.17, 15) is 9.59 Å². The predicted molar refractivity (Wildman–Crippen MR) is 103 cm³/mol. The maximum Gasteiger partial charge on any atom is 0.251 e. The van der Waals surface area contributed by atoms with Gasteiger partial charge in [0, 0.05) is 37.2 Å². The molecule has 1 saturated carbocycles. The summed E-state index contributed by atoms with van der Waals surface area (Å²) < 4.78 is 0. The number of H-pyrrole nitrogens is 1. The van der Waals surface area contributed by atoms with Crippen molar-refractivity contribution in [2.45, 2.75) is 50.9 Å². The van der Waals surface area contributed by atoms with Crippen LogP contribution in [-0.4, -0.2) is 38.8 Å². The summed E-state index contributed by atoms with van der Waals surface area (Å²) >= 11 is 0. The number of piperidine rings is 1. The second kappa shape index (κ2) is 8.03. The minimum atomic E-state index is -0.170. The molecule has 3 heterocycles. The monoisotopic (exact) mass is 366 g/mol. The topological polar surface area (TPSA) is 79.0 Å². The van der Waals surface area contributed by atoms with E-state index in [0.29, 0.717) is 29.7 Å². The van der Waals surface area contributed by atoms with Gasteiger partial charge in [-0.15, -0.1) is 0 Å². The van der Waals surface area contributed by atoms with Gasteiger partial charge in [-0.05, 0) is 37.8 Å². The van der Waals surface area contributed by atoms with E-state index >= 15 is 0 Å². The molecular formula is C21H26N4O2. The van der Waals surface area contributed by atoms with Crippen molar-refractivity contribution >= 4 is 5.91 Å². The van der Waals surface area contributed by atoms with Crippen molar-refractivity contribution < 1.29 is 4.79 Å². The Labute approximate surface area is 159 Å². The fraction of sp³-hybridized carbons (Fsp3) is 0.524. The highest BCUT2D eigenvalue weighted by atomic mass is 16.2. The summed E-state index contributed by atoms with van der Waals surface area (Å²) in [5, 5.41) is 0. The van der Waals surface area contributed by atoms with Crippen molar-refractivity contribution in [2.75, 3.05) is 13.1 Å². The maximum atomic E-state index is 12.9. The molecule has 1 aliphatic carbocycles. The third-order valence-electron chi connectivity index (χ3n) is 5.76. The van der Waals surface area contributed by atoms with Crippen LogP contribution >= 0.6 is 0 Å². The van der Waals surface area contributed by atoms with Crippen LogP contribution in [0.25, 0.3) is 11.4 Å². The summed E-state index contributed by atoms with van der Waals surface area (Å²) in [7, 11) is 0. The zero-order valence-electron chi connectivity index (χ0n) is 15.6. The number of nitrogens with zero attached hydrogens (tertiary/aromatic N) is 3. The number of rotatable bonds is 3. The molecule has 0 unspecified atom stereocenters. The first-order chi connectivity index (χ1) is 13.2. The molecule has 4 rings (SSSR count). The molecule has 1 amide bonds. The molecule has 0 bridgehead atoms. The molecule has 0 aromatic carbocycles. The van der Waals surface area contributed by atoms with Gasteiger partial charge in [0.1, 0.15) is 5.82 Å². The summed E-state index contributed by atoms with van der Waals surface area (Å²) in [6.45, 7) is 1.46. The Hall–Kier alpha value is -2.50. The van der Waals surface area contributed by atoms with Crippen molar-refractivity contribution in [1.29, 1.82) is 0 Å². The Kier molecular flexibility index (Phi) is 5.32. The number of aromatic amines is 1. The van der Waals surface area contributed by atoms with Gasteiger partial charge in [-0.1, -0.05) is 25.3 Å². The van der Waals surface area contributed by atoms with E-state index in [1.807, 2.05) is 23.1 Å². The van der Waals surface area contributed by atoms with E-state index in [-0.39, 0.29) is 17.4 Å². The molecule has 1 atom stereocenters. The molecular weight excluding hydrogens is 340 g/mol. The fourth-order valence-corrected chi connectivity index (χ4v) is 4.32. The standard InChI is InChI=1S/C21H26N4O2/c26-19-13-18(17-10-4-5-11-22-17)23-20(24-19)16-9-6-12-25(14-16)21(27)15-7-2-1-3-8-15/h4-5,10-11,13,15-16H,1-3,6-9,12,14H2,(H,23,24,26)/t16-/m1/s1. The first kappa shape index (κ1) is 17.9. The second-order valence-electron chi connectivity index (χ2n) is 7.69. The molecule has 2 aromatic heterocycles. The molecule has 142 valence electrons. The Morgan fingerprint density at radius 3 is 2.70 bits per heavy atom. The molecule has 0 radical (unpaired) electrons.